The van der Waals surface area contributed by atoms with Gasteiger partial charge in [0.2, 0.25) is 0 Å². The fraction of sp³-hybridized carbons (Fsp3) is 0.250. The van der Waals surface area contributed by atoms with E-state index in [-0.39, 0.29) is 5.78 Å². The molecule has 0 amide bonds. The minimum absolute atomic E-state index is 0.0890. The summed E-state index contributed by atoms with van der Waals surface area (Å²) in [6, 6.07) is 7.63. The Morgan fingerprint density at radius 2 is 2.29 bits per heavy atom. The quantitative estimate of drug-likeness (QED) is 0.614. The number of thioether (sulfide) groups is 1. The Labute approximate surface area is 104 Å². The summed E-state index contributed by atoms with van der Waals surface area (Å²) in [6.45, 7) is 1.58. The van der Waals surface area contributed by atoms with E-state index in [0.717, 1.165) is 22.0 Å². The van der Waals surface area contributed by atoms with Crippen molar-refractivity contribution in [2.75, 3.05) is 0 Å². The maximum atomic E-state index is 11.2. The zero-order valence-electron chi connectivity index (χ0n) is 9.75. The number of hydrogen-bond acceptors (Lipinski definition) is 4. The van der Waals surface area contributed by atoms with Gasteiger partial charge in [-0.1, -0.05) is 12.1 Å². The van der Waals surface area contributed by atoms with Crippen LogP contribution in [0.4, 0.5) is 0 Å². The first-order chi connectivity index (χ1) is 8.16. The number of aryl methyl sites for hydroxylation is 1. The molecule has 0 N–H and O–H groups in total. The van der Waals surface area contributed by atoms with Gasteiger partial charge in [-0.25, -0.2) is 4.98 Å². The van der Waals surface area contributed by atoms with Crippen LogP contribution in [0, 0.1) is 0 Å². The highest BCUT2D eigenvalue weighted by atomic mass is 32.2. The lowest BCUT2D eigenvalue weighted by Gasteiger charge is -2.02. The molecule has 0 unspecified atom stereocenters. The SMILES string of the molecule is CC(=O)c1cccc(SCc2ncnn2C)c1. The summed E-state index contributed by atoms with van der Waals surface area (Å²) in [5.41, 5.74) is 0.743. The molecule has 0 aliphatic carbocycles. The fourth-order valence-electron chi connectivity index (χ4n) is 1.40. The highest BCUT2D eigenvalue weighted by molar-refractivity contribution is 7.98. The zero-order valence-corrected chi connectivity index (χ0v) is 10.6. The summed E-state index contributed by atoms with van der Waals surface area (Å²) in [5.74, 6) is 1.76. The van der Waals surface area contributed by atoms with E-state index in [1.807, 2.05) is 31.3 Å². The van der Waals surface area contributed by atoms with Crippen LogP contribution >= 0.6 is 11.8 Å². The van der Waals surface area contributed by atoms with Crippen LogP contribution in [0.25, 0.3) is 0 Å². The van der Waals surface area contributed by atoms with E-state index in [9.17, 15) is 4.79 Å². The number of carbonyl (C=O) groups excluding carboxylic acids is 1. The number of benzene rings is 1. The largest absolute Gasteiger partial charge is 0.295 e. The number of nitrogens with zero attached hydrogens (tertiary/aromatic N) is 3. The Kier molecular flexibility index (Phi) is 3.58. The lowest BCUT2D eigenvalue weighted by molar-refractivity contribution is 0.101. The minimum atomic E-state index is 0.0890. The Morgan fingerprint density at radius 1 is 1.47 bits per heavy atom. The van der Waals surface area contributed by atoms with Crippen LogP contribution in [0.15, 0.2) is 35.5 Å². The van der Waals surface area contributed by atoms with E-state index in [1.165, 1.54) is 0 Å². The summed E-state index contributed by atoms with van der Waals surface area (Å²) in [4.78, 5) is 16.5. The van der Waals surface area contributed by atoms with Crippen LogP contribution in [-0.2, 0) is 12.8 Å². The molecule has 1 aromatic carbocycles. The van der Waals surface area contributed by atoms with Crippen molar-refractivity contribution in [3.8, 4) is 0 Å². The maximum Gasteiger partial charge on any atom is 0.159 e. The monoisotopic (exact) mass is 247 g/mol. The van der Waals surface area contributed by atoms with E-state index in [0.29, 0.717) is 0 Å². The van der Waals surface area contributed by atoms with Crippen molar-refractivity contribution in [3.63, 3.8) is 0 Å². The van der Waals surface area contributed by atoms with Crippen LogP contribution in [0.3, 0.4) is 0 Å². The Bertz CT molecular complexity index is 536. The maximum absolute atomic E-state index is 11.2. The number of aromatic nitrogens is 3. The van der Waals surface area contributed by atoms with Crippen molar-refractivity contribution in [1.82, 2.24) is 14.8 Å². The third-order valence-electron chi connectivity index (χ3n) is 2.41. The van der Waals surface area contributed by atoms with E-state index in [4.69, 9.17) is 0 Å². The van der Waals surface area contributed by atoms with Gasteiger partial charge in [0.25, 0.3) is 0 Å². The molecule has 1 heterocycles. The van der Waals surface area contributed by atoms with Crippen molar-refractivity contribution in [2.45, 2.75) is 17.6 Å². The normalized spacial score (nSPS) is 10.5. The van der Waals surface area contributed by atoms with Gasteiger partial charge in [0.1, 0.15) is 12.2 Å². The molecule has 88 valence electrons. The highest BCUT2D eigenvalue weighted by Gasteiger charge is 2.04. The van der Waals surface area contributed by atoms with E-state index >= 15 is 0 Å². The number of ketones is 1. The Morgan fingerprint density at radius 3 is 2.94 bits per heavy atom. The van der Waals surface area contributed by atoms with Gasteiger partial charge in [-0.3, -0.25) is 9.48 Å². The first kappa shape index (κ1) is 11.9. The van der Waals surface area contributed by atoms with Gasteiger partial charge in [0.15, 0.2) is 5.78 Å². The zero-order chi connectivity index (χ0) is 12.3. The first-order valence-corrected chi connectivity index (χ1v) is 6.22. The molecule has 0 spiro atoms. The Hall–Kier alpha value is -1.62. The first-order valence-electron chi connectivity index (χ1n) is 5.23. The highest BCUT2D eigenvalue weighted by Crippen LogP contribution is 2.22. The molecule has 2 rings (SSSR count). The summed E-state index contributed by atoms with van der Waals surface area (Å²) in [7, 11) is 1.87. The molecule has 4 nitrogen and oxygen atoms in total. The van der Waals surface area contributed by atoms with Gasteiger partial charge in [-0.15, -0.1) is 11.8 Å². The molecule has 0 radical (unpaired) electrons. The lowest BCUT2D eigenvalue weighted by Crippen LogP contribution is -1.97. The third-order valence-corrected chi connectivity index (χ3v) is 3.40. The number of carbonyl (C=O) groups is 1. The van der Waals surface area contributed by atoms with Gasteiger partial charge in [0.05, 0.1) is 5.75 Å². The predicted octanol–water partition coefficient (Wildman–Crippen LogP) is 2.31. The molecule has 2 aromatic rings. The number of rotatable bonds is 4. The topological polar surface area (TPSA) is 47.8 Å². The smallest absolute Gasteiger partial charge is 0.159 e. The molecular weight excluding hydrogens is 234 g/mol. The van der Waals surface area contributed by atoms with Gasteiger partial charge in [-0.2, -0.15) is 5.10 Å². The molecule has 0 bridgehead atoms. The molecule has 1 aromatic heterocycles. The summed E-state index contributed by atoms with van der Waals surface area (Å²) < 4.78 is 1.75. The molecule has 0 saturated heterocycles. The second kappa shape index (κ2) is 5.14. The summed E-state index contributed by atoms with van der Waals surface area (Å²) >= 11 is 1.65. The Balaban J connectivity index is 2.07. The number of hydrogen-bond donors (Lipinski definition) is 0. The van der Waals surface area contributed by atoms with Gasteiger partial charge < -0.3 is 0 Å². The average molecular weight is 247 g/mol. The molecule has 0 fully saturated rings. The second-order valence-corrected chi connectivity index (χ2v) is 4.72. The molecule has 0 atom stereocenters. The van der Waals surface area contributed by atoms with Crippen LogP contribution in [-0.4, -0.2) is 20.5 Å². The fourth-order valence-corrected chi connectivity index (χ4v) is 2.35. The molecule has 0 saturated carbocycles. The molecule has 17 heavy (non-hydrogen) atoms. The van der Waals surface area contributed by atoms with Crippen molar-refractivity contribution < 1.29 is 4.79 Å². The van der Waals surface area contributed by atoms with Gasteiger partial charge >= 0.3 is 0 Å². The van der Waals surface area contributed by atoms with E-state index in [2.05, 4.69) is 10.1 Å². The van der Waals surface area contributed by atoms with Crippen LogP contribution in [0.5, 0.6) is 0 Å². The summed E-state index contributed by atoms with van der Waals surface area (Å²) in [6.07, 6.45) is 1.54. The predicted molar refractivity (Wildman–Crippen MR) is 67.0 cm³/mol. The lowest BCUT2D eigenvalue weighted by atomic mass is 10.2. The van der Waals surface area contributed by atoms with Crippen molar-refractivity contribution in [2.24, 2.45) is 7.05 Å². The molecule has 5 heteroatoms. The van der Waals surface area contributed by atoms with Crippen molar-refractivity contribution in [3.05, 3.63) is 42.0 Å². The van der Waals surface area contributed by atoms with Gasteiger partial charge in [-0.05, 0) is 19.1 Å². The molecule has 0 aliphatic rings. The van der Waals surface area contributed by atoms with Gasteiger partial charge in [0, 0.05) is 17.5 Å². The van der Waals surface area contributed by atoms with Crippen molar-refractivity contribution >= 4 is 17.5 Å². The second-order valence-electron chi connectivity index (χ2n) is 3.67. The summed E-state index contributed by atoms with van der Waals surface area (Å²) in [5, 5.41) is 4.01. The standard InChI is InChI=1S/C12H13N3OS/c1-9(16)10-4-3-5-11(6-10)17-7-12-13-8-14-15(12)2/h3-6,8H,7H2,1-2H3. The molecular formula is C12H13N3OS. The number of Topliss-reactive ketones (excluding diaryl/α,β-unsaturated/α-hetero) is 1. The van der Waals surface area contributed by atoms with Crippen LogP contribution in [0.1, 0.15) is 23.1 Å². The van der Waals surface area contributed by atoms with Crippen LogP contribution < -0.4 is 0 Å². The molecule has 0 aliphatic heterocycles. The van der Waals surface area contributed by atoms with Crippen molar-refractivity contribution in [1.29, 1.82) is 0 Å². The third kappa shape index (κ3) is 2.94. The van der Waals surface area contributed by atoms with E-state index in [1.54, 1.807) is 29.7 Å². The van der Waals surface area contributed by atoms with E-state index < -0.39 is 0 Å². The average Bonchev–Trinajstić information content (AvgIpc) is 2.72. The minimum Gasteiger partial charge on any atom is -0.295 e. The van der Waals surface area contributed by atoms with Crippen LogP contribution in [0.2, 0.25) is 0 Å².